The highest BCUT2D eigenvalue weighted by Crippen LogP contribution is 2.32. The van der Waals surface area contributed by atoms with Gasteiger partial charge in [0.2, 0.25) is 0 Å². The SMILES string of the molecule is Cc1ccc(Cl)cc1C(N)c1cc2cccc(Cl)c2o1. The predicted molar refractivity (Wildman–Crippen MR) is 83.4 cm³/mol. The van der Waals surface area contributed by atoms with Crippen LogP contribution in [0.4, 0.5) is 0 Å². The van der Waals surface area contributed by atoms with Gasteiger partial charge in [-0.2, -0.15) is 0 Å². The number of furan rings is 1. The summed E-state index contributed by atoms with van der Waals surface area (Å²) in [4.78, 5) is 0. The Hall–Kier alpha value is -1.48. The van der Waals surface area contributed by atoms with Gasteiger partial charge in [0, 0.05) is 10.4 Å². The molecule has 2 N–H and O–H groups in total. The van der Waals surface area contributed by atoms with E-state index in [0.717, 1.165) is 16.5 Å². The number of rotatable bonds is 2. The first kappa shape index (κ1) is 13.5. The lowest BCUT2D eigenvalue weighted by atomic mass is 10.00. The summed E-state index contributed by atoms with van der Waals surface area (Å²) in [5.41, 5.74) is 9.00. The van der Waals surface area contributed by atoms with Crippen molar-refractivity contribution in [3.05, 3.63) is 69.4 Å². The number of benzene rings is 2. The third-order valence-electron chi connectivity index (χ3n) is 3.40. The van der Waals surface area contributed by atoms with Crippen LogP contribution in [0.25, 0.3) is 11.0 Å². The van der Waals surface area contributed by atoms with Crippen molar-refractivity contribution >= 4 is 34.2 Å². The molecule has 0 saturated carbocycles. The molecule has 1 unspecified atom stereocenters. The second-order valence-electron chi connectivity index (χ2n) is 4.79. The lowest BCUT2D eigenvalue weighted by Crippen LogP contribution is -2.12. The van der Waals surface area contributed by atoms with E-state index in [-0.39, 0.29) is 6.04 Å². The van der Waals surface area contributed by atoms with Crippen molar-refractivity contribution in [3.63, 3.8) is 0 Å². The second kappa shape index (κ2) is 5.13. The van der Waals surface area contributed by atoms with Crippen molar-refractivity contribution in [3.8, 4) is 0 Å². The van der Waals surface area contributed by atoms with Gasteiger partial charge < -0.3 is 10.2 Å². The maximum Gasteiger partial charge on any atom is 0.152 e. The fourth-order valence-electron chi connectivity index (χ4n) is 2.30. The molecule has 0 aliphatic rings. The second-order valence-corrected chi connectivity index (χ2v) is 5.63. The molecule has 1 atom stereocenters. The Kier molecular flexibility index (Phi) is 3.47. The normalized spacial score (nSPS) is 12.8. The molecule has 3 aromatic rings. The highest BCUT2D eigenvalue weighted by atomic mass is 35.5. The van der Waals surface area contributed by atoms with Crippen LogP contribution in [0.15, 0.2) is 46.9 Å². The first-order valence-electron chi connectivity index (χ1n) is 6.26. The van der Waals surface area contributed by atoms with Gasteiger partial charge in [-0.3, -0.25) is 0 Å². The summed E-state index contributed by atoms with van der Waals surface area (Å²) in [6.45, 7) is 2.00. The Labute approximate surface area is 127 Å². The predicted octanol–water partition coefficient (Wildman–Crippen LogP) is 5.10. The summed E-state index contributed by atoms with van der Waals surface area (Å²) in [5.74, 6) is 0.679. The third-order valence-corrected chi connectivity index (χ3v) is 3.93. The Bertz CT molecular complexity index is 779. The number of nitrogens with two attached hydrogens (primary N) is 1. The monoisotopic (exact) mass is 305 g/mol. The van der Waals surface area contributed by atoms with E-state index in [4.69, 9.17) is 33.4 Å². The quantitative estimate of drug-likeness (QED) is 0.715. The van der Waals surface area contributed by atoms with Gasteiger partial charge in [0.15, 0.2) is 5.58 Å². The molecule has 0 radical (unpaired) electrons. The van der Waals surface area contributed by atoms with E-state index in [0.29, 0.717) is 21.4 Å². The average Bonchev–Trinajstić information content (AvgIpc) is 2.86. The standard InChI is InChI=1S/C16H13Cl2NO/c1-9-5-6-11(17)8-12(9)15(19)14-7-10-3-2-4-13(18)16(10)20-14/h2-8,15H,19H2,1H3. The minimum absolute atomic E-state index is 0.364. The molecule has 2 nitrogen and oxygen atoms in total. The van der Waals surface area contributed by atoms with Crippen LogP contribution < -0.4 is 5.73 Å². The summed E-state index contributed by atoms with van der Waals surface area (Å²) in [7, 11) is 0. The molecule has 0 bridgehead atoms. The molecule has 20 heavy (non-hydrogen) atoms. The Morgan fingerprint density at radius 3 is 2.65 bits per heavy atom. The molecule has 3 rings (SSSR count). The molecule has 102 valence electrons. The summed E-state index contributed by atoms with van der Waals surface area (Å²) >= 11 is 12.2. The lowest BCUT2D eigenvalue weighted by Gasteiger charge is -2.12. The molecule has 0 aliphatic carbocycles. The van der Waals surface area contributed by atoms with Crippen LogP contribution >= 0.6 is 23.2 Å². The maximum absolute atomic E-state index is 6.30. The van der Waals surface area contributed by atoms with E-state index >= 15 is 0 Å². The average molecular weight is 306 g/mol. The van der Waals surface area contributed by atoms with Crippen molar-refractivity contribution in [2.24, 2.45) is 5.73 Å². The van der Waals surface area contributed by atoms with Crippen LogP contribution in [0.1, 0.15) is 22.9 Å². The van der Waals surface area contributed by atoms with Crippen molar-refractivity contribution in [1.29, 1.82) is 0 Å². The molecule has 0 aliphatic heterocycles. The fraction of sp³-hybridized carbons (Fsp3) is 0.125. The Balaban J connectivity index is 2.10. The molecule has 0 saturated heterocycles. The van der Waals surface area contributed by atoms with E-state index in [1.165, 1.54) is 0 Å². The topological polar surface area (TPSA) is 39.2 Å². The summed E-state index contributed by atoms with van der Waals surface area (Å²) < 4.78 is 5.81. The summed E-state index contributed by atoms with van der Waals surface area (Å²) in [6, 6.07) is 12.9. The van der Waals surface area contributed by atoms with E-state index < -0.39 is 0 Å². The van der Waals surface area contributed by atoms with Crippen LogP contribution in [0.2, 0.25) is 10.0 Å². The van der Waals surface area contributed by atoms with Crippen LogP contribution in [-0.4, -0.2) is 0 Å². The van der Waals surface area contributed by atoms with Gasteiger partial charge in [0.1, 0.15) is 5.76 Å². The number of hydrogen-bond acceptors (Lipinski definition) is 2. The zero-order valence-electron chi connectivity index (χ0n) is 10.9. The largest absolute Gasteiger partial charge is 0.457 e. The maximum atomic E-state index is 6.30. The number of fused-ring (bicyclic) bond motifs is 1. The number of hydrogen-bond donors (Lipinski definition) is 1. The van der Waals surface area contributed by atoms with Crippen molar-refractivity contribution in [1.82, 2.24) is 0 Å². The molecule has 0 amide bonds. The minimum atomic E-state index is -0.364. The molecule has 1 heterocycles. The van der Waals surface area contributed by atoms with Crippen LogP contribution in [-0.2, 0) is 0 Å². The van der Waals surface area contributed by atoms with Crippen LogP contribution in [0.5, 0.6) is 0 Å². The molecule has 1 aromatic heterocycles. The molecule has 0 spiro atoms. The van der Waals surface area contributed by atoms with Crippen LogP contribution in [0, 0.1) is 6.92 Å². The summed E-state index contributed by atoms with van der Waals surface area (Å²) in [6.07, 6.45) is 0. The first-order chi connectivity index (χ1) is 9.56. The third kappa shape index (κ3) is 2.31. The minimum Gasteiger partial charge on any atom is -0.457 e. The molecular formula is C16H13Cl2NO. The highest BCUT2D eigenvalue weighted by Gasteiger charge is 2.17. The fourth-order valence-corrected chi connectivity index (χ4v) is 2.70. The number of para-hydroxylation sites is 1. The zero-order chi connectivity index (χ0) is 14.3. The van der Waals surface area contributed by atoms with Gasteiger partial charge in [0.25, 0.3) is 0 Å². The number of aryl methyl sites for hydroxylation is 1. The van der Waals surface area contributed by atoms with Gasteiger partial charge in [-0.25, -0.2) is 0 Å². The molecular weight excluding hydrogens is 293 g/mol. The highest BCUT2D eigenvalue weighted by molar-refractivity contribution is 6.34. The Morgan fingerprint density at radius 1 is 1.10 bits per heavy atom. The zero-order valence-corrected chi connectivity index (χ0v) is 12.4. The molecule has 0 fully saturated rings. The number of halogens is 2. The lowest BCUT2D eigenvalue weighted by molar-refractivity contribution is 0.524. The van der Waals surface area contributed by atoms with Gasteiger partial charge in [-0.1, -0.05) is 41.4 Å². The van der Waals surface area contributed by atoms with E-state index in [1.54, 1.807) is 6.07 Å². The molecule has 2 aromatic carbocycles. The van der Waals surface area contributed by atoms with Gasteiger partial charge >= 0.3 is 0 Å². The van der Waals surface area contributed by atoms with Gasteiger partial charge in [-0.15, -0.1) is 0 Å². The van der Waals surface area contributed by atoms with E-state index in [9.17, 15) is 0 Å². The van der Waals surface area contributed by atoms with Gasteiger partial charge in [0.05, 0.1) is 11.1 Å². The molecule has 4 heteroatoms. The van der Waals surface area contributed by atoms with Crippen LogP contribution in [0.3, 0.4) is 0 Å². The van der Waals surface area contributed by atoms with E-state index in [2.05, 4.69) is 0 Å². The Morgan fingerprint density at radius 2 is 1.90 bits per heavy atom. The van der Waals surface area contributed by atoms with Crippen molar-refractivity contribution in [2.75, 3.05) is 0 Å². The van der Waals surface area contributed by atoms with Crippen molar-refractivity contribution in [2.45, 2.75) is 13.0 Å². The summed E-state index contributed by atoms with van der Waals surface area (Å²) in [5, 5.41) is 2.20. The first-order valence-corrected chi connectivity index (χ1v) is 7.01. The van der Waals surface area contributed by atoms with Gasteiger partial charge in [-0.05, 0) is 42.3 Å². The van der Waals surface area contributed by atoms with Crippen molar-refractivity contribution < 1.29 is 4.42 Å². The van der Waals surface area contributed by atoms with E-state index in [1.807, 2.05) is 43.3 Å². The smallest absolute Gasteiger partial charge is 0.152 e.